The van der Waals surface area contributed by atoms with Gasteiger partial charge in [-0.25, -0.2) is 4.98 Å². The van der Waals surface area contributed by atoms with Gasteiger partial charge in [0.05, 0.1) is 11.0 Å². The van der Waals surface area contributed by atoms with Crippen molar-refractivity contribution in [3.05, 3.63) is 46.5 Å². The van der Waals surface area contributed by atoms with Gasteiger partial charge in [-0.05, 0) is 30.4 Å². The summed E-state index contributed by atoms with van der Waals surface area (Å²) in [5.74, 6) is 0. The first-order valence-corrected chi connectivity index (χ1v) is 5.29. The van der Waals surface area contributed by atoms with Crippen molar-refractivity contribution in [3.63, 3.8) is 0 Å². The molecule has 0 atom stereocenters. The smallest absolute Gasteiger partial charge is 0.274 e. The van der Waals surface area contributed by atoms with Crippen LogP contribution in [0.15, 0.2) is 35.3 Å². The third-order valence-electron chi connectivity index (χ3n) is 2.09. The zero-order valence-electron chi connectivity index (χ0n) is 8.81. The van der Waals surface area contributed by atoms with Gasteiger partial charge in [-0.2, -0.15) is 0 Å². The summed E-state index contributed by atoms with van der Waals surface area (Å²) < 4.78 is 0. The van der Waals surface area contributed by atoms with Crippen LogP contribution in [0.3, 0.4) is 0 Å². The van der Waals surface area contributed by atoms with E-state index in [-0.39, 0.29) is 10.7 Å². The van der Waals surface area contributed by atoms with Crippen LogP contribution in [0.2, 0.25) is 0 Å². The molecule has 0 saturated heterocycles. The first-order valence-electron chi connectivity index (χ1n) is 4.88. The lowest BCUT2D eigenvalue weighted by atomic mass is 10.3. The van der Waals surface area contributed by atoms with E-state index in [1.807, 2.05) is 18.2 Å². The molecule has 5 nitrogen and oxygen atoms in total. The van der Waals surface area contributed by atoms with Gasteiger partial charge in [-0.1, -0.05) is 12.1 Å². The number of nitrogens with two attached hydrogens (primary N) is 1. The van der Waals surface area contributed by atoms with Gasteiger partial charge >= 0.3 is 0 Å². The molecule has 0 aliphatic heterocycles. The van der Waals surface area contributed by atoms with Gasteiger partial charge < -0.3 is 16.0 Å². The zero-order valence-corrected chi connectivity index (χ0v) is 9.62. The lowest BCUT2D eigenvalue weighted by Crippen LogP contribution is -2.23. The van der Waals surface area contributed by atoms with E-state index in [4.69, 9.17) is 5.73 Å². The average Bonchev–Trinajstić information content (AvgIpc) is 2.29. The lowest BCUT2D eigenvalue weighted by molar-refractivity contribution is 1.18. The van der Waals surface area contributed by atoms with Crippen LogP contribution in [0.5, 0.6) is 0 Å². The number of aromatic amines is 1. The van der Waals surface area contributed by atoms with Crippen LogP contribution in [-0.4, -0.2) is 15.1 Å². The summed E-state index contributed by atoms with van der Waals surface area (Å²) in [6.07, 6.45) is 3.00. The fourth-order valence-electron chi connectivity index (χ4n) is 1.36. The molecule has 1 aromatic heterocycles. The molecule has 0 spiro atoms. The average molecular weight is 246 g/mol. The Morgan fingerprint density at radius 1 is 1.47 bits per heavy atom. The number of nitrogens with one attached hydrogen (secondary N) is 2. The second-order valence-corrected chi connectivity index (χ2v) is 3.75. The minimum Gasteiger partial charge on any atom is -0.376 e. The van der Waals surface area contributed by atoms with Crippen molar-refractivity contribution >= 4 is 34.4 Å². The van der Waals surface area contributed by atoms with E-state index >= 15 is 0 Å². The summed E-state index contributed by atoms with van der Waals surface area (Å²) in [7, 11) is 0. The highest BCUT2D eigenvalue weighted by atomic mass is 32.1. The molecule has 0 unspecified atom stereocenters. The maximum Gasteiger partial charge on any atom is 0.274 e. The van der Waals surface area contributed by atoms with Crippen LogP contribution in [0, 0.1) is 0 Å². The number of rotatable bonds is 2. The molecule has 1 heterocycles. The quantitative estimate of drug-likeness (QED) is 0.680. The molecule has 2 aromatic rings. The van der Waals surface area contributed by atoms with E-state index < -0.39 is 0 Å². The van der Waals surface area contributed by atoms with Gasteiger partial charge in [0.1, 0.15) is 5.69 Å². The summed E-state index contributed by atoms with van der Waals surface area (Å²) in [6.45, 7) is 0. The van der Waals surface area contributed by atoms with Gasteiger partial charge in [0.15, 0.2) is 5.11 Å². The molecule has 0 amide bonds. The van der Waals surface area contributed by atoms with Crippen molar-refractivity contribution in [2.24, 2.45) is 5.73 Å². The lowest BCUT2D eigenvalue weighted by Gasteiger charge is -1.98. The Morgan fingerprint density at radius 2 is 2.24 bits per heavy atom. The molecule has 86 valence electrons. The van der Waals surface area contributed by atoms with Crippen molar-refractivity contribution in [3.8, 4) is 0 Å². The predicted molar refractivity (Wildman–Crippen MR) is 71.3 cm³/mol. The van der Waals surface area contributed by atoms with Crippen LogP contribution < -0.4 is 16.6 Å². The molecule has 0 aliphatic carbocycles. The number of hydrogen-bond donors (Lipinski definition) is 3. The minimum absolute atomic E-state index is 0.137. The van der Waals surface area contributed by atoms with Gasteiger partial charge in [0.2, 0.25) is 0 Å². The molecule has 0 radical (unpaired) electrons. The van der Waals surface area contributed by atoms with E-state index in [0.29, 0.717) is 11.2 Å². The van der Waals surface area contributed by atoms with E-state index in [2.05, 4.69) is 27.5 Å². The topological polar surface area (TPSA) is 83.8 Å². The number of fused-ring (bicyclic) bond motifs is 1. The van der Waals surface area contributed by atoms with Gasteiger partial charge in [0.25, 0.3) is 5.56 Å². The van der Waals surface area contributed by atoms with E-state index in [0.717, 1.165) is 5.52 Å². The molecular weight excluding hydrogens is 236 g/mol. The molecule has 0 fully saturated rings. The highest BCUT2D eigenvalue weighted by molar-refractivity contribution is 7.80. The Labute approximate surface area is 102 Å². The number of para-hydroxylation sites is 2. The Balaban J connectivity index is 2.41. The fourth-order valence-corrected chi connectivity index (χ4v) is 1.43. The summed E-state index contributed by atoms with van der Waals surface area (Å²) in [4.78, 5) is 18.6. The number of H-pyrrole nitrogens is 1. The SMILES string of the molecule is NC(=S)N/C=C/c1nc2ccccc2[nH]c1=O. The minimum atomic E-state index is -0.260. The monoisotopic (exact) mass is 246 g/mol. The molecular formula is C11H10N4OS. The normalized spacial score (nSPS) is 10.8. The highest BCUT2D eigenvalue weighted by Gasteiger charge is 2.00. The van der Waals surface area contributed by atoms with Crippen molar-refractivity contribution in [2.75, 3.05) is 0 Å². The van der Waals surface area contributed by atoms with Crippen LogP contribution in [-0.2, 0) is 0 Å². The van der Waals surface area contributed by atoms with Gasteiger partial charge in [-0.3, -0.25) is 4.79 Å². The first-order chi connectivity index (χ1) is 8.16. The molecule has 0 aliphatic rings. The second kappa shape index (κ2) is 4.75. The molecule has 4 N–H and O–H groups in total. The summed E-state index contributed by atoms with van der Waals surface area (Å²) in [6, 6.07) is 7.31. The van der Waals surface area contributed by atoms with Crippen LogP contribution in [0.25, 0.3) is 17.1 Å². The van der Waals surface area contributed by atoms with Crippen LogP contribution in [0.4, 0.5) is 0 Å². The maximum absolute atomic E-state index is 11.6. The Hall–Kier alpha value is -2.21. The third kappa shape index (κ3) is 2.67. The van der Waals surface area contributed by atoms with E-state index in [1.54, 1.807) is 6.07 Å². The number of benzene rings is 1. The number of aromatic nitrogens is 2. The highest BCUT2D eigenvalue weighted by Crippen LogP contribution is 2.06. The zero-order chi connectivity index (χ0) is 12.3. The number of thiocarbonyl (C=S) groups is 1. The largest absolute Gasteiger partial charge is 0.376 e. The maximum atomic E-state index is 11.6. The van der Waals surface area contributed by atoms with Crippen LogP contribution >= 0.6 is 12.2 Å². The molecule has 0 saturated carbocycles. The standard InChI is InChI=1S/C11H10N4OS/c12-11(17)13-6-5-9-10(16)15-8-4-2-1-3-7(8)14-9/h1-6H,(H,15,16)(H3,12,13,17)/b6-5+. The van der Waals surface area contributed by atoms with Crippen molar-refractivity contribution in [2.45, 2.75) is 0 Å². The van der Waals surface area contributed by atoms with Crippen molar-refractivity contribution in [1.82, 2.24) is 15.3 Å². The molecule has 0 bridgehead atoms. The number of hydrogen-bond acceptors (Lipinski definition) is 3. The predicted octanol–water partition coefficient (Wildman–Crippen LogP) is 0.727. The molecule has 17 heavy (non-hydrogen) atoms. The van der Waals surface area contributed by atoms with Gasteiger partial charge in [-0.15, -0.1) is 0 Å². The summed E-state index contributed by atoms with van der Waals surface area (Å²) in [5, 5.41) is 2.74. The van der Waals surface area contributed by atoms with E-state index in [1.165, 1.54) is 12.3 Å². The summed E-state index contributed by atoms with van der Waals surface area (Å²) >= 11 is 4.63. The molecule has 2 rings (SSSR count). The van der Waals surface area contributed by atoms with Gasteiger partial charge in [0, 0.05) is 6.20 Å². The summed E-state index contributed by atoms with van der Waals surface area (Å²) in [5.41, 5.74) is 6.72. The van der Waals surface area contributed by atoms with E-state index in [9.17, 15) is 4.79 Å². The Kier molecular flexibility index (Phi) is 3.15. The fraction of sp³-hybridized carbons (Fsp3) is 0. The first kappa shape index (κ1) is 11.3. The van der Waals surface area contributed by atoms with Crippen LogP contribution in [0.1, 0.15) is 5.69 Å². The Bertz CT molecular complexity index is 647. The second-order valence-electron chi connectivity index (χ2n) is 3.31. The molecule has 1 aromatic carbocycles. The van der Waals surface area contributed by atoms with Crippen molar-refractivity contribution < 1.29 is 0 Å². The third-order valence-corrected chi connectivity index (χ3v) is 2.21. The Morgan fingerprint density at radius 3 is 3.00 bits per heavy atom. The molecule has 6 heteroatoms. The number of nitrogens with zero attached hydrogens (tertiary/aromatic N) is 1. The van der Waals surface area contributed by atoms with Crippen molar-refractivity contribution in [1.29, 1.82) is 0 Å².